The Bertz CT molecular complexity index is 980. The molecule has 1 aliphatic heterocycles. The third-order valence-corrected chi connectivity index (χ3v) is 5.69. The van der Waals surface area contributed by atoms with Gasteiger partial charge in [-0.3, -0.25) is 4.99 Å². The van der Waals surface area contributed by atoms with Gasteiger partial charge in [0, 0.05) is 46.1 Å². The lowest BCUT2D eigenvalue weighted by Crippen LogP contribution is -2.47. The van der Waals surface area contributed by atoms with Crippen molar-refractivity contribution in [1.82, 2.24) is 19.8 Å². The van der Waals surface area contributed by atoms with Crippen LogP contribution in [0.15, 0.2) is 59.6 Å². The summed E-state index contributed by atoms with van der Waals surface area (Å²) in [5.74, 6) is 3.02. The van der Waals surface area contributed by atoms with Gasteiger partial charge in [-0.1, -0.05) is 30.3 Å². The third kappa shape index (κ3) is 5.90. The number of rotatable bonds is 6. The number of fused-ring (bicyclic) bond motifs is 1. The number of benzene rings is 2. The van der Waals surface area contributed by atoms with Gasteiger partial charge in [0.05, 0.1) is 11.0 Å². The summed E-state index contributed by atoms with van der Waals surface area (Å²) < 4.78 is 8.41. The fourth-order valence-corrected chi connectivity index (χ4v) is 4.12. The van der Waals surface area contributed by atoms with E-state index < -0.39 is 0 Å². The number of aryl methyl sites for hydroxylation is 2. The maximum absolute atomic E-state index is 6.11. The zero-order valence-electron chi connectivity index (χ0n) is 18.3. The highest BCUT2D eigenvalue weighted by molar-refractivity contribution is 14.0. The number of halogens is 1. The molecule has 0 bridgehead atoms. The van der Waals surface area contributed by atoms with Crippen LogP contribution in [0.2, 0.25) is 0 Å². The molecule has 1 N–H and O–H groups in total. The second-order valence-electron chi connectivity index (χ2n) is 7.74. The van der Waals surface area contributed by atoms with E-state index in [4.69, 9.17) is 4.74 Å². The van der Waals surface area contributed by atoms with Gasteiger partial charge in [0.1, 0.15) is 17.7 Å². The van der Waals surface area contributed by atoms with Gasteiger partial charge in [-0.25, -0.2) is 4.98 Å². The van der Waals surface area contributed by atoms with Crippen molar-refractivity contribution in [1.29, 1.82) is 0 Å². The number of para-hydroxylation sites is 3. The molecule has 166 valence electrons. The van der Waals surface area contributed by atoms with Gasteiger partial charge in [-0.2, -0.15) is 0 Å². The fraction of sp³-hybridized carbons (Fsp3) is 0.417. The van der Waals surface area contributed by atoms with Crippen molar-refractivity contribution in [2.75, 3.05) is 26.7 Å². The van der Waals surface area contributed by atoms with Gasteiger partial charge in [0.25, 0.3) is 0 Å². The predicted molar refractivity (Wildman–Crippen MR) is 138 cm³/mol. The Morgan fingerprint density at radius 3 is 2.55 bits per heavy atom. The minimum atomic E-state index is 0. The summed E-state index contributed by atoms with van der Waals surface area (Å²) in [6, 6.07) is 18.4. The Kier molecular flexibility index (Phi) is 8.57. The molecule has 1 saturated heterocycles. The van der Waals surface area contributed by atoms with Crippen LogP contribution < -0.4 is 10.1 Å². The van der Waals surface area contributed by atoms with Crippen LogP contribution in [0.1, 0.15) is 25.1 Å². The molecule has 2 aromatic carbocycles. The molecule has 1 fully saturated rings. The first-order valence-corrected chi connectivity index (χ1v) is 10.8. The first-order chi connectivity index (χ1) is 14.7. The van der Waals surface area contributed by atoms with Gasteiger partial charge < -0.3 is 19.5 Å². The van der Waals surface area contributed by atoms with Crippen LogP contribution in [-0.2, 0) is 6.54 Å². The molecule has 3 aromatic rings. The van der Waals surface area contributed by atoms with Crippen LogP contribution in [-0.4, -0.2) is 53.2 Å². The van der Waals surface area contributed by atoms with E-state index in [1.807, 2.05) is 43.4 Å². The molecule has 0 amide bonds. The molecule has 0 aliphatic carbocycles. The topological polar surface area (TPSA) is 54.7 Å². The molecule has 0 spiro atoms. The molecule has 0 atom stereocenters. The number of nitrogens with zero attached hydrogens (tertiary/aromatic N) is 4. The molecule has 7 heteroatoms. The number of aromatic nitrogens is 2. The SMILES string of the molecule is CN=C(NCCCn1c(C)nc2ccccc21)N1CCC(Oc2ccccc2)CC1.I. The Balaban J connectivity index is 0.00000272. The van der Waals surface area contributed by atoms with Crippen molar-refractivity contribution in [3.05, 3.63) is 60.4 Å². The van der Waals surface area contributed by atoms with Gasteiger partial charge in [-0.05, 0) is 37.6 Å². The highest BCUT2D eigenvalue weighted by Crippen LogP contribution is 2.19. The summed E-state index contributed by atoms with van der Waals surface area (Å²) >= 11 is 0. The lowest BCUT2D eigenvalue weighted by molar-refractivity contribution is 0.129. The normalized spacial score (nSPS) is 15.0. The van der Waals surface area contributed by atoms with E-state index in [9.17, 15) is 0 Å². The summed E-state index contributed by atoms with van der Waals surface area (Å²) in [5.41, 5.74) is 2.28. The smallest absolute Gasteiger partial charge is 0.193 e. The molecular formula is C24H32IN5O. The summed E-state index contributed by atoms with van der Waals surface area (Å²) in [4.78, 5) is 11.5. The van der Waals surface area contributed by atoms with Crippen LogP contribution in [0, 0.1) is 6.92 Å². The molecular weight excluding hydrogens is 501 g/mol. The maximum atomic E-state index is 6.11. The minimum Gasteiger partial charge on any atom is -0.490 e. The van der Waals surface area contributed by atoms with Crippen molar-refractivity contribution in [3.8, 4) is 5.75 Å². The summed E-state index contributed by atoms with van der Waals surface area (Å²) in [7, 11) is 1.86. The number of piperidine rings is 1. The van der Waals surface area contributed by atoms with E-state index >= 15 is 0 Å². The van der Waals surface area contributed by atoms with Crippen molar-refractivity contribution >= 4 is 41.0 Å². The van der Waals surface area contributed by atoms with Crippen LogP contribution in [0.4, 0.5) is 0 Å². The molecule has 2 heterocycles. The van der Waals surface area contributed by atoms with E-state index in [2.05, 4.69) is 49.9 Å². The van der Waals surface area contributed by atoms with Crippen molar-refractivity contribution < 1.29 is 4.74 Å². The van der Waals surface area contributed by atoms with Crippen LogP contribution in [0.5, 0.6) is 5.75 Å². The van der Waals surface area contributed by atoms with E-state index in [0.717, 1.165) is 68.5 Å². The number of hydrogen-bond acceptors (Lipinski definition) is 3. The first-order valence-electron chi connectivity index (χ1n) is 10.8. The Hall–Kier alpha value is -2.29. The number of imidazole rings is 1. The average Bonchev–Trinajstić information content (AvgIpc) is 3.10. The first kappa shape index (κ1) is 23.4. The van der Waals surface area contributed by atoms with Crippen molar-refractivity contribution in [2.45, 2.75) is 38.8 Å². The minimum absolute atomic E-state index is 0. The molecule has 6 nitrogen and oxygen atoms in total. The lowest BCUT2D eigenvalue weighted by Gasteiger charge is -2.34. The van der Waals surface area contributed by atoms with E-state index in [-0.39, 0.29) is 30.1 Å². The number of guanidine groups is 1. The number of likely N-dealkylation sites (tertiary alicyclic amines) is 1. The van der Waals surface area contributed by atoms with E-state index in [0.29, 0.717) is 0 Å². The summed E-state index contributed by atoms with van der Waals surface area (Å²) in [6.07, 6.45) is 3.32. The van der Waals surface area contributed by atoms with Gasteiger partial charge in [0.2, 0.25) is 0 Å². The molecule has 0 unspecified atom stereocenters. The quantitative estimate of drug-likeness (QED) is 0.220. The summed E-state index contributed by atoms with van der Waals surface area (Å²) in [6.45, 7) is 5.83. The molecule has 1 aromatic heterocycles. The Labute approximate surface area is 201 Å². The fourth-order valence-electron chi connectivity index (χ4n) is 4.12. The van der Waals surface area contributed by atoms with E-state index in [1.165, 1.54) is 5.52 Å². The third-order valence-electron chi connectivity index (χ3n) is 5.69. The second kappa shape index (κ2) is 11.4. The average molecular weight is 533 g/mol. The Morgan fingerprint density at radius 1 is 1.10 bits per heavy atom. The summed E-state index contributed by atoms with van der Waals surface area (Å²) in [5, 5.41) is 3.53. The van der Waals surface area contributed by atoms with Crippen LogP contribution >= 0.6 is 24.0 Å². The molecule has 1 aliphatic rings. The number of hydrogen-bond donors (Lipinski definition) is 1. The molecule has 0 saturated carbocycles. The molecule has 4 rings (SSSR count). The number of ether oxygens (including phenoxy) is 1. The molecule has 31 heavy (non-hydrogen) atoms. The largest absolute Gasteiger partial charge is 0.490 e. The van der Waals surface area contributed by atoms with Gasteiger partial charge in [-0.15, -0.1) is 24.0 Å². The zero-order chi connectivity index (χ0) is 20.8. The number of aliphatic imine (C=N–C) groups is 1. The highest BCUT2D eigenvalue weighted by atomic mass is 127. The standard InChI is InChI=1S/C24H31N5O.HI/c1-19-27-22-11-6-7-12-23(22)29(19)16-8-15-26-24(25-2)28-17-13-21(14-18-28)30-20-9-4-3-5-10-20;/h3-7,9-12,21H,8,13-18H2,1-2H3,(H,25,26);1H. The van der Waals surface area contributed by atoms with Crippen molar-refractivity contribution in [2.24, 2.45) is 4.99 Å². The second-order valence-corrected chi connectivity index (χ2v) is 7.74. The number of nitrogens with one attached hydrogen (secondary N) is 1. The van der Waals surface area contributed by atoms with Crippen LogP contribution in [0.3, 0.4) is 0 Å². The van der Waals surface area contributed by atoms with Crippen LogP contribution in [0.25, 0.3) is 11.0 Å². The van der Waals surface area contributed by atoms with Gasteiger partial charge >= 0.3 is 0 Å². The maximum Gasteiger partial charge on any atom is 0.193 e. The van der Waals surface area contributed by atoms with E-state index in [1.54, 1.807) is 0 Å². The molecule has 0 radical (unpaired) electrons. The monoisotopic (exact) mass is 533 g/mol. The zero-order valence-corrected chi connectivity index (χ0v) is 20.7. The predicted octanol–water partition coefficient (Wildman–Crippen LogP) is 4.47. The highest BCUT2D eigenvalue weighted by Gasteiger charge is 2.22. The van der Waals surface area contributed by atoms with Crippen molar-refractivity contribution in [3.63, 3.8) is 0 Å². The lowest BCUT2D eigenvalue weighted by atomic mass is 10.1. The Morgan fingerprint density at radius 2 is 1.81 bits per heavy atom. The van der Waals surface area contributed by atoms with Gasteiger partial charge in [0.15, 0.2) is 5.96 Å².